The number of nitrogens with two attached hydrogens (primary N) is 1. The Morgan fingerprint density at radius 2 is 1.62 bits per heavy atom. The zero-order valence-corrected chi connectivity index (χ0v) is 8.58. The van der Waals surface area contributed by atoms with Crippen molar-refractivity contribution in [3.05, 3.63) is 59.7 Å². The second-order valence-corrected chi connectivity index (χ2v) is 3.53. The first kappa shape index (κ1) is 10.8. The molecule has 1 nitrogen and oxygen atoms in total. The molecule has 0 saturated carbocycles. The lowest BCUT2D eigenvalue weighted by molar-refractivity contribution is 0.625. The highest BCUT2D eigenvalue weighted by molar-refractivity contribution is 5.64. The second kappa shape index (κ2) is 4.41. The summed E-state index contributed by atoms with van der Waals surface area (Å²) in [5.41, 5.74) is 7.43. The SMILES string of the molecule is NCc1ccc(F)c(-c2ccc(F)cc2)c1. The maximum Gasteiger partial charge on any atom is 0.131 e. The molecule has 0 aliphatic carbocycles. The van der Waals surface area contributed by atoms with Crippen molar-refractivity contribution < 1.29 is 8.78 Å². The van der Waals surface area contributed by atoms with E-state index in [1.807, 2.05) is 0 Å². The molecule has 0 fully saturated rings. The van der Waals surface area contributed by atoms with Gasteiger partial charge in [-0.2, -0.15) is 0 Å². The standard InChI is InChI=1S/C13H11F2N/c14-11-4-2-10(3-5-11)12-7-9(8-16)1-6-13(12)15/h1-7H,8,16H2. The molecule has 0 heterocycles. The maximum atomic E-state index is 13.6. The van der Waals surface area contributed by atoms with Gasteiger partial charge >= 0.3 is 0 Å². The van der Waals surface area contributed by atoms with Gasteiger partial charge in [-0.1, -0.05) is 18.2 Å². The molecule has 2 aromatic carbocycles. The van der Waals surface area contributed by atoms with Gasteiger partial charge in [0.05, 0.1) is 0 Å². The first-order valence-electron chi connectivity index (χ1n) is 4.95. The third-order valence-corrected chi connectivity index (χ3v) is 2.42. The van der Waals surface area contributed by atoms with E-state index in [0.717, 1.165) is 5.56 Å². The molecule has 0 spiro atoms. The van der Waals surface area contributed by atoms with Crippen molar-refractivity contribution in [2.24, 2.45) is 5.73 Å². The van der Waals surface area contributed by atoms with E-state index in [2.05, 4.69) is 0 Å². The summed E-state index contributed by atoms with van der Waals surface area (Å²) in [6, 6.07) is 10.4. The van der Waals surface area contributed by atoms with Crippen LogP contribution in [0.1, 0.15) is 5.56 Å². The fraction of sp³-hybridized carbons (Fsp3) is 0.0769. The van der Waals surface area contributed by atoms with Crippen LogP contribution in [0.15, 0.2) is 42.5 Å². The summed E-state index contributed by atoms with van der Waals surface area (Å²) in [5, 5.41) is 0. The van der Waals surface area contributed by atoms with Gasteiger partial charge in [0, 0.05) is 12.1 Å². The van der Waals surface area contributed by atoms with Crippen molar-refractivity contribution in [1.29, 1.82) is 0 Å². The Labute approximate surface area is 92.5 Å². The van der Waals surface area contributed by atoms with Crippen LogP contribution in [0.4, 0.5) is 8.78 Å². The highest BCUT2D eigenvalue weighted by atomic mass is 19.1. The van der Waals surface area contributed by atoms with Crippen LogP contribution in [-0.4, -0.2) is 0 Å². The Morgan fingerprint density at radius 1 is 0.938 bits per heavy atom. The number of rotatable bonds is 2. The molecule has 0 unspecified atom stereocenters. The van der Waals surface area contributed by atoms with Crippen LogP contribution in [-0.2, 0) is 6.54 Å². The van der Waals surface area contributed by atoms with Crippen LogP contribution in [0.25, 0.3) is 11.1 Å². The lowest BCUT2D eigenvalue weighted by Crippen LogP contribution is -1.97. The predicted molar refractivity (Wildman–Crippen MR) is 59.7 cm³/mol. The van der Waals surface area contributed by atoms with Crippen LogP contribution < -0.4 is 5.73 Å². The average Bonchev–Trinajstić information content (AvgIpc) is 2.31. The van der Waals surface area contributed by atoms with Gasteiger partial charge in [-0.25, -0.2) is 8.78 Å². The van der Waals surface area contributed by atoms with E-state index in [-0.39, 0.29) is 11.6 Å². The molecular weight excluding hydrogens is 208 g/mol. The van der Waals surface area contributed by atoms with Gasteiger partial charge in [0.2, 0.25) is 0 Å². The Bertz CT molecular complexity index is 492. The van der Waals surface area contributed by atoms with E-state index in [1.165, 1.54) is 18.2 Å². The van der Waals surface area contributed by atoms with E-state index >= 15 is 0 Å². The van der Waals surface area contributed by atoms with Gasteiger partial charge in [-0.15, -0.1) is 0 Å². The van der Waals surface area contributed by atoms with Gasteiger partial charge in [-0.05, 0) is 35.4 Å². The van der Waals surface area contributed by atoms with Crippen LogP contribution in [0.3, 0.4) is 0 Å². The van der Waals surface area contributed by atoms with Gasteiger partial charge in [0.1, 0.15) is 11.6 Å². The molecule has 0 saturated heterocycles. The van der Waals surface area contributed by atoms with Crippen molar-refractivity contribution in [3.8, 4) is 11.1 Å². The summed E-state index contributed by atoms with van der Waals surface area (Å²) >= 11 is 0. The minimum Gasteiger partial charge on any atom is -0.326 e. The van der Waals surface area contributed by atoms with Crippen molar-refractivity contribution in [2.45, 2.75) is 6.54 Å². The molecule has 0 radical (unpaired) electrons. The fourth-order valence-corrected chi connectivity index (χ4v) is 1.55. The predicted octanol–water partition coefficient (Wildman–Crippen LogP) is 3.09. The summed E-state index contributed by atoms with van der Waals surface area (Å²) in [5.74, 6) is -0.664. The molecule has 0 bridgehead atoms. The maximum absolute atomic E-state index is 13.6. The van der Waals surface area contributed by atoms with Crippen molar-refractivity contribution in [1.82, 2.24) is 0 Å². The van der Waals surface area contributed by atoms with Gasteiger partial charge in [-0.3, -0.25) is 0 Å². The van der Waals surface area contributed by atoms with E-state index in [4.69, 9.17) is 5.73 Å². The molecule has 0 aliphatic rings. The van der Waals surface area contributed by atoms with E-state index < -0.39 is 0 Å². The molecule has 2 N–H and O–H groups in total. The van der Waals surface area contributed by atoms with E-state index in [1.54, 1.807) is 24.3 Å². The molecule has 0 aromatic heterocycles. The molecule has 16 heavy (non-hydrogen) atoms. The Hall–Kier alpha value is -1.74. The first-order valence-corrected chi connectivity index (χ1v) is 4.95. The lowest BCUT2D eigenvalue weighted by Gasteiger charge is -2.05. The molecule has 0 aliphatic heterocycles. The van der Waals surface area contributed by atoms with Gasteiger partial charge in [0.25, 0.3) is 0 Å². The van der Waals surface area contributed by atoms with E-state index in [9.17, 15) is 8.78 Å². The quantitative estimate of drug-likeness (QED) is 0.825. The summed E-state index contributed by atoms with van der Waals surface area (Å²) < 4.78 is 26.3. The minimum absolute atomic E-state index is 0.330. The summed E-state index contributed by atoms with van der Waals surface area (Å²) in [6.07, 6.45) is 0. The summed E-state index contributed by atoms with van der Waals surface area (Å²) in [6.45, 7) is 0.356. The molecule has 0 amide bonds. The van der Waals surface area contributed by atoms with Gasteiger partial charge < -0.3 is 5.73 Å². The smallest absolute Gasteiger partial charge is 0.131 e. The minimum atomic E-state index is -0.334. The van der Waals surface area contributed by atoms with Crippen LogP contribution in [0, 0.1) is 11.6 Å². The molecule has 2 aromatic rings. The van der Waals surface area contributed by atoms with Crippen LogP contribution in [0.5, 0.6) is 0 Å². The third kappa shape index (κ3) is 2.09. The molecule has 82 valence electrons. The number of hydrogen-bond acceptors (Lipinski definition) is 1. The average molecular weight is 219 g/mol. The zero-order valence-electron chi connectivity index (χ0n) is 8.58. The zero-order chi connectivity index (χ0) is 11.5. The third-order valence-electron chi connectivity index (χ3n) is 2.42. The molecule has 3 heteroatoms. The topological polar surface area (TPSA) is 26.0 Å². The Kier molecular flexibility index (Phi) is 2.97. The van der Waals surface area contributed by atoms with Crippen LogP contribution in [0.2, 0.25) is 0 Å². The normalized spacial score (nSPS) is 10.4. The number of hydrogen-bond donors (Lipinski definition) is 1. The van der Waals surface area contributed by atoms with Crippen molar-refractivity contribution >= 4 is 0 Å². The van der Waals surface area contributed by atoms with E-state index in [0.29, 0.717) is 17.7 Å². The highest BCUT2D eigenvalue weighted by Crippen LogP contribution is 2.24. The molecule has 2 rings (SSSR count). The Morgan fingerprint density at radius 3 is 2.25 bits per heavy atom. The highest BCUT2D eigenvalue weighted by Gasteiger charge is 2.05. The first-order chi connectivity index (χ1) is 7.70. The molecular formula is C13H11F2N. The summed E-state index contributed by atoms with van der Waals surface area (Å²) in [7, 11) is 0. The molecule has 0 atom stereocenters. The van der Waals surface area contributed by atoms with Crippen molar-refractivity contribution in [3.63, 3.8) is 0 Å². The van der Waals surface area contributed by atoms with Crippen molar-refractivity contribution in [2.75, 3.05) is 0 Å². The Balaban J connectivity index is 2.50. The lowest BCUT2D eigenvalue weighted by atomic mass is 10.0. The van der Waals surface area contributed by atoms with Gasteiger partial charge in [0.15, 0.2) is 0 Å². The fourth-order valence-electron chi connectivity index (χ4n) is 1.55. The monoisotopic (exact) mass is 219 g/mol. The number of halogens is 2. The second-order valence-electron chi connectivity index (χ2n) is 3.53. The number of benzene rings is 2. The largest absolute Gasteiger partial charge is 0.326 e. The summed E-state index contributed by atoms with van der Waals surface area (Å²) in [4.78, 5) is 0. The van der Waals surface area contributed by atoms with Crippen LogP contribution >= 0.6 is 0 Å².